The van der Waals surface area contributed by atoms with Crippen LogP contribution in [0.3, 0.4) is 0 Å². The first kappa shape index (κ1) is 18.9. The Labute approximate surface area is 171 Å². The molecule has 0 aliphatic rings. The largest absolute Gasteiger partial charge is 0.347 e. The van der Waals surface area contributed by atoms with Gasteiger partial charge in [0.05, 0.1) is 17.1 Å². The number of carbonyl (C=O) groups is 1. The van der Waals surface area contributed by atoms with Crippen LogP contribution in [-0.2, 0) is 6.54 Å². The zero-order valence-electron chi connectivity index (χ0n) is 15.9. The number of rotatable bonds is 5. The Bertz CT molecular complexity index is 1170. The summed E-state index contributed by atoms with van der Waals surface area (Å²) in [6.07, 6.45) is 0. The van der Waals surface area contributed by atoms with Crippen LogP contribution in [0.1, 0.15) is 26.6 Å². The van der Waals surface area contributed by atoms with Crippen LogP contribution in [-0.4, -0.2) is 25.9 Å². The number of halogens is 1. The third kappa shape index (κ3) is 3.79. The van der Waals surface area contributed by atoms with Crippen molar-refractivity contribution in [2.75, 3.05) is 0 Å². The van der Waals surface area contributed by atoms with E-state index in [1.807, 2.05) is 37.3 Å². The van der Waals surface area contributed by atoms with Gasteiger partial charge in [-0.25, -0.2) is 14.1 Å². The van der Waals surface area contributed by atoms with Gasteiger partial charge in [0.25, 0.3) is 5.91 Å². The summed E-state index contributed by atoms with van der Waals surface area (Å²) in [5.41, 5.74) is 3.41. The Kier molecular flexibility index (Phi) is 5.18. The van der Waals surface area contributed by atoms with Crippen molar-refractivity contribution in [1.82, 2.24) is 25.3 Å². The maximum atomic E-state index is 13.8. The van der Waals surface area contributed by atoms with Crippen molar-refractivity contribution in [3.05, 3.63) is 82.2 Å². The van der Waals surface area contributed by atoms with Gasteiger partial charge in [0.15, 0.2) is 0 Å². The Morgan fingerprint density at radius 2 is 1.83 bits per heavy atom. The highest BCUT2D eigenvalue weighted by atomic mass is 32.1. The molecule has 2 heterocycles. The average Bonchev–Trinajstić information content (AvgIpc) is 3.30. The number of benzene rings is 2. The number of thiazole rings is 1. The van der Waals surface area contributed by atoms with Crippen LogP contribution >= 0.6 is 11.3 Å². The highest BCUT2D eigenvalue weighted by Gasteiger charge is 2.20. The van der Waals surface area contributed by atoms with E-state index in [2.05, 4.69) is 20.6 Å². The van der Waals surface area contributed by atoms with E-state index in [0.29, 0.717) is 26.8 Å². The predicted molar refractivity (Wildman–Crippen MR) is 110 cm³/mol. The molecule has 8 heteroatoms. The molecule has 0 aliphatic carbocycles. The number of nitrogens with zero attached hydrogens (tertiary/aromatic N) is 4. The van der Waals surface area contributed by atoms with Crippen LogP contribution < -0.4 is 5.32 Å². The lowest BCUT2D eigenvalue weighted by atomic mass is 10.2. The normalized spacial score (nSPS) is 10.9. The molecule has 29 heavy (non-hydrogen) atoms. The molecule has 0 aliphatic heterocycles. The van der Waals surface area contributed by atoms with Gasteiger partial charge < -0.3 is 5.32 Å². The quantitative estimate of drug-likeness (QED) is 0.541. The van der Waals surface area contributed by atoms with Crippen LogP contribution in [0.5, 0.6) is 0 Å². The Morgan fingerprint density at radius 3 is 2.59 bits per heavy atom. The van der Waals surface area contributed by atoms with Crippen molar-refractivity contribution < 1.29 is 9.18 Å². The molecular weight excluding hydrogens is 389 g/mol. The van der Waals surface area contributed by atoms with Gasteiger partial charge >= 0.3 is 0 Å². The van der Waals surface area contributed by atoms with E-state index in [0.717, 1.165) is 11.4 Å². The standard InChI is InChI=1S/C21H18FN5OS/c1-13-19(20(28)23-12-15-8-6-7-11-17(15)22)29-21(24-13)18-14(2)27(26-25-18)16-9-4-3-5-10-16/h3-11H,12H2,1-2H3,(H,23,28). The number of aromatic nitrogens is 4. The Balaban J connectivity index is 1.56. The lowest BCUT2D eigenvalue weighted by Crippen LogP contribution is -2.23. The molecule has 1 N–H and O–H groups in total. The summed E-state index contributed by atoms with van der Waals surface area (Å²) in [4.78, 5) is 17.6. The Hall–Kier alpha value is -3.39. The molecule has 0 bridgehead atoms. The molecule has 0 saturated carbocycles. The molecule has 0 unspecified atom stereocenters. The lowest BCUT2D eigenvalue weighted by molar-refractivity contribution is 0.0954. The van der Waals surface area contributed by atoms with E-state index in [-0.39, 0.29) is 18.3 Å². The van der Waals surface area contributed by atoms with Crippen molar-refractivity contribution in [3.8, 4) is 16.4 Å². The van der Waals surface area contributed by atoms with E-state index in [1.165, 1.54) is 17.4 Å². The molecule has 2 aromatic carbocycles. The number of amides is 1. The summed E-state index contributed by atoms with van der Waals surface area (Å²) >= 11 is 1.25. The molecule has 0 fully saturated rings. The summed E-state index contributed by atoms with van der Waals surface area (Å²) in [6, 6.07) is 16.1. The zero-order valence-corrected chi connectivity index (χ0v) is 16.7. The van der Waals surface area contributed by atoms with Gasteiger partial charge in [-0.3, -0.25) is 4.79 Å². The molecule has 0 saturated heterocycles. The van der Waals surface area contributed by atoms with Crippen LogP contribution in [0, 0.1) is 19.7 Å². The van der Waals surface area contributed by atoms with Crippen LogP contribution in [0.15, 0.2) is 54.6 Å². The monoisotopic (exact) mass is 407 g/mol. The van der Waals surface area contributed by atoms with E-state index >= 15 is 0 Å². The predicted octanol–water partition coefficient (Wildman–Crippen LogP) is 4.08. The minimum atomic E-state index is -0.345. The highest BCUT2D eigenvalue weighted by molar-refractivity contribution is 7.17. The maximum absolute atomic E-state index is 13.8. The summed E-state index contributed by atoms with van der Waals surface area (Å²) in [5, 5.41) is 11.9. The maximum Gasteiger partial charge on any atom is 0.263 e. The molecule has 2 aromatic heterocycles. The SMILES string of the molecule is Cc1nc(-c2nnn(-c3ccccc3)c2C)sc1C(=O)NCc1ccccc1F. The number of carbonyl (C=O) groups excluding carboxylic acids is 1. The van der Waals surface area contributed by atoms with Crippen molar-refractivity contribution in [2.24, 2.45) is 0 Å². The molecule has 0 spiro atoms. The van der Waals surface area contributed by atoms with E-state index in [1.54, 1.807) is 29.8 Å². The molecule has 0 atom stereocenters. The van der Waals surface area contributed by atoms with Gasteiger partial charge in [-0.2, -0.15) is 0 Å². The fraction of sp³-hybridized carbons (Fsp3) is 0.143. The number of nitrogens with one attached hydrogen (secondary N) is 1. The number of aryl methyl sites for hydroxylation is 1. The summed E-state index contributed by atoms with van der Waals surface area (Å²) in [6.45, 7) is 3.80. The molecule has 1 amide bonds. The van der Waals surface area contributed by atoms with Gasteiger partial charge in [0.1, 0.15) is 21.4 Å². The number of para-hydroxylation sites is 1. The van der Waals surface area contributed by atoms with Crippen molar-refractivity contribution >= 4 is 17.2 Å². The molecular formula is C21H18FN5OS. The third-order valence-electron chi connectivity index (χ3n) is 4.50. The smallest absolute Gasteiger partial charge is 0.263 e. The molecule has 0 radical (unpaired) electrons. The van der Waals surface area contributed by atoms with Crippen LogP contribution in [0.4, 0.5) is 4.39 Å². The van der Waals surface area contributed by atoms with E-state index < -0.39 is 0 Å². The minimum Gasteiger partial charge on any atom is -0.347 e. The van der Waals surface area contributed by atoms with Crippen molar-refractivity contribution in [2.45, 2.75) is 20.4 Å². The van der Waals surface area contributed by atoms with E-state index in [4.69, 9.17) is 0 Å². The van der Waals surface area contributed by atoms with Gasteiger partial charge in [-0.05, 0) is 32.0 Å². The molecule has 4 aromatic rings. The topological polar surface area (TPSA) is 72.7 Å². The second-order valence-corrected chi connectivity index (χ2v) is 7.48. The number of hydrogen-bond acceptors (Lipinski definition) is 5. The first-order chi connectivity index (χ1) is 14.0. The lowest BCUT2D eigenvalue weighted by Gasteiger charge is -2.05. The number of hydrogen-bond donors (Lipinski definition) is 1. The zero-order chi connectivity index (χ0) is 20.4. The second kappa shape index (κ2) is 7.92. The second-order valence-electron chi connectivity index (χ2n) is 6.48. The van der Waals surface area contributed by atoms with Gasteiger partial charge in [-0.1, -0.05) is 41.6 Å². The van der Waals surface area contributed by atoms with Crippen molar-refractivity contribution in [1.29, 1.82) is 0 Å². The van der Waals surface area contributed by atoms with Crippen LogP contribution in [0.25, 0.3) is 16.4 Å². The Morgan fingerprint density at radius 1 is 1.10 bits per heavy atom. The molecule has 6 nitrogen and oxygen atoms in total. The first-order valence-electron chi connectivity index (χ1n) is 9.01. The fourth-order valence-electron chi connectivity index (χ4n) is 2.95. The third-order valence-corrected chi connectivity index (χ3v) is 5.66. The fourth-order valence-corrected chi connectivity index (χ4v) is 3.97. The van der Waals surface area contributed by atoms with Crippen LogP contribution in [0.2, 0.25) is 0 Å². The first-order valence-corrected chi connectivity index (χ1v) is 9.83. The molecule has 146 valence electrons. The van der Waals surface area contributed by atoms with Crippen molar-refractivity contribution in [3.63, 3.8) is 0 Å². The average molecular weight is 407 g/mol. The minimum absolute atomic E-state index is 0.112. The van der Waals surface area contributed by atoms with Gasteiger partial charge in [0, 0.05) is 12.1 Å². The van der Waals surface area contributed by atoms with Gasteiger partial charge in [-0.15, -0.1) is 16.4 Å². The summed E-state index contributed by atoms with van der Waals surface area (Å²) in [7, 11) is 0. The highest BCUT2D eigenvalue weighted by Crippen LogP contribution is 2.29. The van der Waals surface area contributed by atoms with E-state index in [9.17, 15) is 9.18 Å². The summed E-state index contributed by atoms with van der Waals surface area (Å²) in [5.74, 6) is -0.634. The molecule has 4 rings (SSSR count). The summed E-state index contributed by atoms with van der Waals surface area (Å²) < 4.78 is 15.5. The van der Waals surface area contributed by atoms with Gasteiger partial charge in [0.2, 0.25) is 0 Å².